The van der Waals surface area contributed by atoms with Crippen molar-refractivity contribution in [3.05, 3.63) is 0 Å². The summed E-state index contributed by atoms with van der Waals surface area (Å²) >= 11 is 0. The monoisotopic (exact) mass is 204 g/mol. The lowest BCUT2D eigenvalue weighted by atomic mass is 10.1. The van der Waals surface area contributed by atoms with Crippen molar-refractivity contribution < 1.29 is 10.2 Å². The first-order valence-electron chi connectivity index (χ1n) is 5.98. The van der Waals surface area contributed by atoms with E-state index in [2.05, 4.69) is 13.8 Å². The predicted octanol–water partition coefficient (Wildman–Crippen LogP) is 3.11. The van der Waals surface area contributed by atoms with E-state index in [1.54, 1.807) is 0 Å². The van der Waals surface area contributed by atoms with Gasteiger partial charge in [0.2, 0.25) is 0 Å². The van der Waals surface area contributed by atoms with Crippen LogP contribution in [0, 0.1) is 0 Å². The summed E-state index contributed by atoms with van der Waals surface area (Å²) in [4.78, 5) is 0. The van der Waals surface area contributed by atoms with E-state index in [0.717, 1.165) is 32.1 Å². The predicted molar refractivity (Wildman–Crippen MR) is 62.4 cm³/mol. The summed E-state index contributed by atoms with van der Waals surface area (Å²) in [6.07, 6.45) is 5.15. The second-order valence-electron chi connectivity index (χ2n) is 3.76. The Balaban J connectivity index is 0. The van der Waals surface area contributed by atoms with Crippen molar-refractivity contribution in [3.63, 3.8) is 0 Å². The van der Waals surface area contributed by atoms with Crippen molar-refractivity contribution in [1.82, 2.24) is 0 Å². The highest BCUT2D eigenvalue weighted by Gasteiger charge is 2.03. The van der Waals surface area contributed by atoms with Crippen LogP contribution < -0.4 is 0 Å². The first kappa shape index (κ1) is 16.4. The van der Waals surface area contributed by atoms with E-state index in [9.17, 15) is 0 Å². The number of hydrogen-bond acceptors (Lipinski definition) is 2. The third-order valence-electron chi connectivity index (χ3n) is 2.02. The highest BCUT2D eigenvalue weighted by atomic mass is 16.3. The van der Waals surface area contributed by atoms with Crippen LogP contribution in [0.15, 0.2) is 0 Å². The Morgan fingerprint density at radius 3 is 1.29 bits per heavy atom. The van der Waals surface area contributed by atoms with Gasteiger partial charge in [-0.1, -0.05) is 34.1 Å². The minimum atomic E-state index is -0.168. The van der Waals surface area contributed by atoms with Crippen molar-refractivity contribution in [2.45, 2.75) is 78.4 Å². The summed E-state index contributed by atoms with van der Waals surface area (Å²) in [5.74, 6) is 0. The fourth-order valence-electron chi connectivity index (χ4n) is 0.997. The average Bonchev–Trinajstić information content (AvgIpc) is 2.18. The molecule has 0 radical (unpaired) electrons. The molecule has 2 N–H and O–H groups in total. The van der Waals surface area contributed by atoms with E-state index in [-0.39, 0.29) is 12.2 Å². The maximum Gasteiger partial charge on any atom is 0.0537 e. The molecular weight excluding hydrogens is 176 g/mol. The summed E-state index contributed by atoms with van der Waals surface area (Å²) in [5.41, 5.74) is 0. The Morgan fingerprint density at radius 1 is 0.786 bits per heavy atom. The van der Waals surface area contributed by atoms with Gasteiger partial charge in [-0.25, -0.2) is 0 Å². The SMILES string of the molecule is CCC.CCC(O)CCCC(O)CC. The van der Waals surface area contributed by atoms with Crippen LogP contribution in [0.25, 0.3) is 0 Å². The minimum Gasteiger partial charge on any atom is -0.393 e. The largest absolute Gasteiger partial charge is 0.393 e. The van der Waals surface area contributed by atoms with Crippen molar-refractivity contribution in [2.24, 2.45) is 0 Å². The average molecular weight is 204 g/mol. The number of aliphatic hydroxyl groups is 2. The maximum absolute atomic E-state index is 9.16. The van der Waals surface area contributed by atoms with Gasteiger partial charge < -0.3 is 10.2 Å². The molecule has 0 rings (SSSR count). The van der Waals surface area contributed by atoms with E-state index in [1.807, 2.05) is 13.8 Å². The highest BCUT2D eigenvalue weighted by Crippen LogP contribution is 2.07. The van der Waals surface area contributed by atoms with Gasteiger partial charge in [-0.2, -0.15) is 0 Å². The number of hydrogen-bond donors (Lipinski definition) is 2. The highest BCUT2D eigenvalue weighted by molar-refractivity contribution is 4.57. The molecule has 0 aromatic carbocycles. The molecule has 0 heterocycles. The van der Waals surface area contributed by atoms with Gasteiger partial charge in [-0.3, -0.25) is 0 Å². The van der Waals surface area contributed by atoms with Gasteiger partial charge in [0.1, 0.15) is 0 Å². The smallest absolute Gasteiger partial charge is 0.0537 e. The van der Waals surface area contributed by atoms with Gasteiger partial charge in [0.25, 0.3) is 0 Å². The molecule has 2 heteroatoms. The van der Waals surface area contributed by atoms with E-state index in [0.29, 0.717) is 0 Å². The molecule has 0 bridgehead atoms. The molecule has 0 aliphatic heterocycles. The van der Waals surface area contributed by atoms with Crippen LogP contribution in [0.2, 0.25) is 0 Å². The molecule has 0 fully saturated rings. The van der Waals surface area contributed by atoms with E-state index in [1.165, 1.54) is 6.42 Å². The number of rotatable bonds is 6. The lowest BCUT2D eigenvalue weighted by Gasteiger charge is -2.09. The zero-order chi connectivity index (χ0) is 11.4. The molecule has 88 valence electrons. The molecule has 0 aromatic heterocycles. The Bertz CT molecular complexity index is 84.3. The van der Waals surface area contributed by atoms with Gasteiger partial charge in [0.05, 0.1) is 12.2 Å². The van der Waals surface area contributed by atoms with E-state index < -0.39 is 0 Å². The first-order chi connectivity index (χ1) is 6.62. The van der Waals surface area contributed by atoms with Crippen LogP contribution >= 0.6 is 0 Å². The Labute approximate surface area is 89.3 Å². The van der Waals surface area contributed by atoms with Crippen LogP contribution in [0.5, 0.6) is 0 Å². The molecule has 0 aliphatic rings. The first-order valence-corrected chi connectivity index (χ1v) is 5.98. The summed E-state index contributed by atoms with van der Waals surface area (Å²) in [6, 6.07) is 0. The Hall–Kier alpha value is -0.0800. The second kappa shape index (κ2) is 12.9. The van der Waals surface area contributed by atoms with E-state index in [4.69, 9.17) is 10.2 Å². The minimum absolute atomic E-state index is 0.168. The summed E-state index contributed by atoms with van der Waals surface area (Å²) in [6.45, 7) is 8.20. The van der Waals surface area contributed by atoms with Crippen LogP contribution in [-0.4, -0.2) is 22.4 Å². The fourth-order valence-corrected chi connectivity index (χ4v) is 0.997. The summed E-state index contributed by atoms with van der Waals surface area (Å²) < 4.78 is 0. The molecule has 2 atom stereocenters. The van der Waals surface area contributed by atoms with Crippen molar-refractivity contribution >= 4 is 0 Å². The molecular formula is C12H28O2. The van der Waals surface area contributed by atoms with Gasteiger partial charge in [0.15, 0.2) is 0 Å². The Morgan fingerprint density at radius 2 is 1.07 bits per heavy atom. The van der Waals surface area contributed by atoms with Gasteiger partial charge in [0, 0.05) is 0 Å². The fraction of sp³-hybridized carbons (Fsp3) is 1.00. The van der Waals surface area contributed by atoms with Crippen LogP contribution in [-0.2, 0) is 0 Å². The zero-order valence-electron chi connectivity index (χ0n) is 10.3. The third-order valence-corrected chi connectivity index (χ3v) is 2.02. The molecule has 0 aromatic rings. The van der Waals surface area contributed by atoms with Crippen molar-refractivity contribution in [2.75, 3.05) is 0 Å². The van der Waals surface area contributed by atoms with Gasteiger partial charge >= 0.3 is 0 Å². The van der Waals surface area contributed by atoms with Crippen molar-refractivity contribution in [3.8, 4) is 0 Å². The maximum atomic E-state index is 9.16. The zero-order valence-corrected chi connectivity index (χ0v) is 10.3. The van der Waals surface area contributed by atoms with Crippen LogP contribution in [0.4, 0.5) is 0 Å². The quantitative estimate of drug-likeness (QED) is 0.698. The molecule has 0 aliphatic carbocycles. The number of aliphatic hydroxyl groups excluding tert-OH is 2. The van der Waals surface area contributed by atoms with Gasteiger partial charge in [-0.15, -0.1) is 0 Å². The molecule has 0 amide bonds. The molecule has 2 nitrogen and oxygen atoms in total. The van der Waals surface area contributed by atoms with Crippen LogP contribution in [0.3, 0.4) is 0 Å². The normalized spacial score (nSPS) is 14.1. The third kappa shape index (κ3) is 14.4. The second-order valence-corrected chi connectivity index (χ2v) is 3.76. The Kier molecular flexibility index (Phi) is 15.1. The topological polar surface area (TPSA) is 40.5 Å². The van der Waals surface area contributed by atoms with Gasteiger partial charge in [-0.05, 0) is 32.1 Å². The molecule has 0 spiro atoms. The van der Waals surface area contributed by atoms with E-state index >= 15 is 0 Å². The molecule has 0 saturated carbocycles. The molecule has 14 heavy (non-hydrogen) atoms. The molecule has 2 unspecified atom stereocenters. The lowest BCUT2D eigenvalue weighted by molar-refractivity contribution is 0.130. The molecule has 0 saturated heterocycles. The standard InChI is InChI=1S/C9H20O2.C3H8/c1-3-8(10)6-5-7-9(11)4-2;1-3-2/h8-11H,3-7H2,1-2H3;3H2,1-2H3. The van der Waals surface area contributed by atoms with Crippen molar-refractivity contribution in [1.29, 1.82) is 0 Å². The lowest BCUT2D eigenvalue weighted by Crippen LogP contribution is -2.08. The summed E-state index contributed by atoms with van der Waals surface area (Å²) in [7, 11) is 0. The van der Waals surface area contributed by atoms with Crippen LogP contribution in [0.1, 0.15) is 66.2 Å². The summed E-state index contributed by atoms with van der Waals surface area (Å²) in [5, 5.41) is 18.3.